The molecule has 2 fully saturated rings. The molecule has 0 aromatic heterocycles. The second kappa shape index (κ2) is 11.7. The highest BCUT2D eigenvalue weighted by Gasteiger charge is 2.38. The highest BCUT2D eigenvalue weighted by atomic mass is 32.1. The van der Waals surface area contributed by atoms with Crippen LogP contribution in [0.2, 0.25) is 0 Å². The van der Waals surface area contributed by atoms with Crippen LogP contribution in [0.15, 0.2) is 0 Å². The summed E-state index contributed by atoms with van der Waals surface area (Å²) in [6, 6.07) is 0. The zero-order chi connectivity index (χ0) is 13.0. The largest absolute Gasteiger partial charge is 0.333 e. The quantitative estimate of drug-likeness (QED) is 0.640. The monoisotopic (exact) mass is 248 g/mol. The van der Waals surface area contributed by atoms with Crippen molar-refractivity contribution < 1.29 is 0 Å². The van der Waals surface area contributed by atoms with Crippen LogP contribution in [-0.4, -0.2) is 24.4 Å². The molecular weight excluding hydrogens is 216 g/mol. The van der Waals surface area contributed by atoms with Gasteiger partial charge in [0.15, 0.2) is 0 Å². The van der Waals surface area contributed by atoms with Gasteiger partial charge in [-0.15, -0.1) is 0 Å². The first-order valence-electron chi connectivity index (χ1n) is 6.82. The Hall–Kier alpha value is 0.270. The van der Waals surface area contributed by atoms with Crippen LogP contribution >= 0.6 is 12.8 Å². The topological polar surface area (TPSA) is 29.3 Å². The smallest absolute Gasteiger partial charge is 0.0144 e. The van der Waals surface area contributed by atoms with Crippen LogP contribution in [0.1, 0.15) is 59.8 Å². The Bertz CT molecular complexity index is 134. The fourth-order valence-corrected chi connectivity index (χ4v) is 2.84. The molecule has 1 aliphatic heterocycles. The first-order chi connectivity index (χ1) is 7.81. The molecule has 2 aliphatic rings. The van der Waals surface area contributed by atoms with Crippen molar-refractivity contribution in [3.8, 4) is 0 Å². The van der Waals surface area contributed by atoms with Gasteiger partial charge in [-0.3, -0.25) is 4.31 Å². The third-order valence-electron chi connectivity index (χ3n) is 3.08. The first-order valence-corrected chi connectivity index (χ1v) is 7.22. The summed E-state index contributed by atoms with van der Waals surface area (Å²) in [5.74, 6) is 0. The molecular formula is C13H32N2S. The van der Waals surface area contributed by atoms with Crippen LogP contribution in [0, 0.1) is 5.41 Å². The summed E-state index contributed by atoms with van der Waals surface area (Å²) >= 11 is 4.37. The molecule has 1 aliphatic carbocycles. The molecule has 1 saturated carbocycles. The molecule has 0 bridgehead atoms. The number of rotatable bonds is 0. The summed E-state index contributed by atoms with van der Waals surface area (Å²) in [5.41, 5.74) is 5.21. The SMILES string of the molecule is CC.CC.CN.SN1CCC2(CCCC2)C1. The van der Waals surface area contributed by atoms with Crippen LogP contribution in [0.25, 0.3) is 0 Å². The van der Waals surface area contributed by atoms with E-state index in [1.165, 1.54) is 52.2 Å². The Labute approximate surface area is 109 Å². The van der Waals surface area contributed by atoms with Crippen molar-refractivity contribution in [2.24, 2.45) is 11.1 Å². The lowest BCUT2D eigenvalue weighted by atomic mass is 9.86. The minimum absolute atomic E-state index is 0.710. The molecule has 0 unspecified atom stereocenters. The van der Waals surface area contributed by atoms with Gasteiger partial charge < -0.3 is 5.73 Å². The molecule has 2 N–H and O–H groups in total. The summed E-state index contributed by atoms with van der Waals surface area (Å²) in [5, 5.41) is 0. The second-order valence-corrected chi connectivity index (χ2v) is 4.41. The maximum atomic E-state index is 4.50. The molecule has 0 radical (unpaired) electrons. The van der Waals surface area contributed by atoms with Gasteiger partial charge in [-0.2, -0.15) is 0 Å². The predicted octanol–water partition coefficient (Wildman–Crippen LogP) is 3.72. The summed E-state index contributed by atoms with van der Waals surface area (Å²) in [7, 11) is 1.50. The van der Waals surface area contributed by atoms with Crippen molar-refractivity contribution in [3.05, 3.63) is 0 Å². The number of hydrogen-bond donors (Lipinski definition) is 2. The number of nitrogens with two attached hydrogens (primary N) is 1. The van der Waals surface area contributed by atoms with Gasteiger partial charge in [0.25, 0.3) is 0 Å². The van der Waals surface area contributed by atoms with Gasteiger partial charge in [-0.25, -0.2) is 0 Å². The third kappa shape index (κ3) is 6.12. The molecule has 16 heavy (non-hydrogen) atoms. The lowest BCUT2D eigenvalue weighted by Gasteiger charge is -2.21. The molecule has 2 rings (SSSR count). The maximum Gasteiger partial charge on any atom is 0.0144 e. The Morgan fingerprint density at radius 3 is 1.69 bits per heavy atom. The van der Waals surface area contributed by atoms with Gasteiger partial charge in [0.2, 0.25) is 0 Å². The normalized spacial score (nSPS) is 21.2. The van der Waals surface area contributed by atoms with Crippen molar-refractivity contribution in [1.82, 2.24) is 4.31 Å². The second-order valence-electron chi connectivity index (χ2n) is 3.85. The summed E-state index contributed by atoms with van der Waals surface area (Å²) < 4.78 is 2.19. The molecule has 100 valence electrons. The van der Waals surface area contributed by atoms with E-state index >= 15 is 0 Å². The molecule has 2 nitrogen and oxygen atoms in total. The minimum atomic E-state index is 0.710. The molecule has 0 aromatic carbocycles. The highest BCUT2D eigenvalue weighted by Crippen LogP contribution is 2.45. The van der Waals surface area contributed by atoms with E-state index < -0.39 is 0 Å². The zero-order valence-electron chi connectivity index (χ0n) is 11.9. The number of nitrogens with zero attached hydrogens (tertiary/aromatic N) is 1. The van der Waals surface area contributed by atoms with E-state index in [0.29, 0.717) is 5.41 Å². The zero-order valence-corrected chi connectivity index (χ0v) is 12.8. The van der Waals surface area contributed by atoms with Gasteiger partial charge in [0.05, 0.1) is 0 Å². The van der Waals surface area contributed by atoms with E-state index in [0.717, 1.165) is 0 Å². The Kier molecular flexibility index (Phi) is 13.7. The van der Waals surface area contributed by atoms with Crippen molar-refractivity contribution in [2.45, 2.75) is 59.8 Å². The maximum absolute atomic E-state index is 4.50. The van der Waals surface area contributed by atoms with Gasteiger partial charge in [0, 0.05) is 13.1 Å². The van der Waals surface area contributed by atoms with E-state index in [4.69, 9.17) is 0 Å². The van der Waals surface area contributed by atoms with Crippen LogP contribution in [0.4, 0.5) is 0 Å². The van der Waals surface area contributed by atoms with Gasteiger partial charge in [0.1, 0.15) is 0 Å². The van der Waals surface area contributed by atoms with E-state index in [1.54, 1.807) is 0 Å². The van der Waals surface area contributed by atoms with Crippen LogP contribution in [0.5, 0.6) is 0 Å². The standard InChI is InChI=1S/C8H15NS.2C2H6.CH5N/c10-9-6-5-8(7-9)3-1-2-4-8;3*1-2/h10H,1-7H2;2*1-2H3;2H2,1H3. The van der Waals surface area contributed by atoms with Gasteiger partial charge >= 0.3 is 0 Å². The first kappa shape index (κ1) is 18.6. The van der Waals surface area contributed by atoms with E-state index in [2.05, 4.69) is 22.9 Å². The molecule has 3 heteroatoms. The fraction of sp³-hybridized carbons (Fsp3) is 1.00. The van der Waals surface area contributed by atoms with Gasteiger partial charge in [-0.1, -0.05) is 53.4 Å². The third-order valence-corrected chi connectivity index (χ3v) is 3.42. The molecule has 1 saturated heterocycles. The summed E-state index contributed by atoms with van der Waals surface area (Å²) in [6.07, 6.45) is 7.24. The van der Waals surface area contributed by atoms with Crippen molar-refractivity contribution in [1.29, 1.82) is 0 Å². The van der Waals surface area contributed by atoms with E-state index in [-0.39, 0.29) is 0 Å². The number of thiol groups is 1. The molecule has 0 aromatic rings. The summed E-state index contributed by atoms with van der Waals surface area (Å²) in [6.45, 7) is 10.5. The van der Waals surface area contributed by atoms with Crippen LogP contribution in [-0.2, 0) is 0 Å². The molecule has 1 spiro atoms. The van der Waals surface area contributed by atoms with Crippen LogP contribution in [0.3, 0.4) is 0 Å². The van der Waals surface area contributed by atoms with Crippen molar-refractivity contribution >= 4 is 12.8 Å². The minimum Gasteiger partial charge on any atom is -0.333 e. The fourth-order valence-electron chi connectivity index (χ4n) is 2.44. The lowest BCUT2D eigenvalue weighted by Crippen LogP contribution is -2.18. The average molecular weight is 248 g/mol. The Morgan fingerprint density at radius 1 is 0.938 bits per heavy atom. The highest BCUT2D eigenvalue weighted by molar-refractivity contribution is 7.77. The molecule has 0 amide bonds. The number of hydrogen-bond acceptors (Lipinski definition) is 3. The van der Waals surface area contributed by atoms with Crippen molar-refractivity contribution in [3.63, 3.8) is 0 Å². The lowest BCUT2D eigenvalue weighted by molar-refractivity contribution is 0.321. The van der Waals surface area contributed by atoms with Crippen molar-refractivity contribution in [2.75, 3.05) is 20.1 Å². The van der Waals surface area contributed by atoms with Crippen LogP contribution < -0.4 is 5.73 Å². The predicted molar refractivity (Wildman–Crippen MR) is 78.9 cm³/mol. The van der Waals surface area contributed by atoms with E-state index in [9.17, 15) is 0 Å². The average Bonchev–Trinajstić information content (AvgIpc) is 2.98. The van der Waals surface area contributed by atoms with E-state index in [1.807, 2.05) is 27.7 Å². The molecule has 0 atom stereocenters. The molecule has 1 heterocycles. The Balaban J connectivity index is 0. The summed E-state index contributed by atoms with van der Waals surface area (Å²) in [4.78, 5) is 0. The van der Waals surface area contributed by atoms with Gasteiger partial charge in [-0.05, 0) is 31.7 Å². The Morgan fingerprint density at radius 2 is 1.38 bits per heavy atom.